The van der Waals surface area contributed by atoms with Gasteiger partial charge < -0.3 is 20.5 Å². The van der Waals surface area contributed by atoms with Gasteiger partial charge in [0.25, 0.3) is 0 Å². The smallest absolute Gasteiger partial charge is 0.188 e. The van der Waals surface area contributed by atoms with E-state index in [1.807, 2.05) is 37.3 Å². The Bertz CT molecular complexity index is 627. The van der Waals surface area contributed by atoms with E-state index in [0.717, 1.165) is 43.1 Å². The van der Waals surface area contributed by atoms with Gasteiger partial charge in [-0.15, -0.1) is 0 Å². The maximum Gasteiger partial charge on any atom is 0.188 e. The van der Waals surface area contributed by atoms with Crippen LogP contribution in [0.15, 0.2) is 59.6 Å². The van der Waals surface area contributed by atoms with E-state index in [-0.39, 0.29) is 0 Å². The molecule has 25 heavy (non-hydrogen) atoms. The van der Waals surface area contributed by atoms with E-state index < -0.39 is 0 Å². The highest BCUT2D eigenvalue weighted by Crippen LogP contribution is 2.12. The molecule has 5 heteroatoms. The number of hydrogen-bond donors (Lipinski definition) is 2. The van der Waals surface area contributed by atoms with Crippen LogP contribution in [-0.4, -0.2) is 25.7 Å². The van der Waals surface area contributed by atoms with E-state index in [4.69, 9.17) is 15.2 Å². The first kappa shape index (κ1) is 18.8. The number of nitrogens with one attached hydrogen (secondary N) is 1. The fourth-order valence-corrected chi connectivity index (χ4v) is 2.19. The Morgan fingerprint density at radius 2 is 1.76 bits per heavy atom. The molecule has 5 nitrogen and oxygen atoms in total. The van der Waals surface area contributed by atoms with Crippen LogP contribution >= 0.6 is 0 Å². The molecule has 0 aliphatic rings. The average Bonchev–Trinajstić information content (AvgIpc) is 2.66. The molecule has 0 bridgehead atoms. The third kappa shape index (κ3) is 7.72. The topological polar surface area (TPSA) is 68.9 Å². The van der Waals surface area contributed by atoms with Gasteiger partial charge in [0.1, 0.15) is 12.4 Å². The number of aliphatic imine (C=N–C) groups is 1. The fraction of sp³-hybridized carbons (Fsp3) is 0.350. The highest BCUT2D eigenvalue weighted by molar-refractivity contribution is 5.77. The quantitative estimate of drug-likeness (QED) is 0.396. The zero-order chi connectivity index (χ0) is 17.7. The van der Waals surface area contributed by atoms with Gasteiger partial charge in [-0.2, -0.15) is 0 Å². The molecule has 0 saturated carbocycles. The maximum atomic E-state index is 5.86. The zero-order valence-corrected chi connectivity index (χ0v) is 14.8. The minimum atomic E-state index is 0.466. The fourth-order valence-electron chi connectivity index (χ4n) is 2.19. The van der Waals surface area contributed by atoms with Crippen LogP contribution in [0.2, 0.25) is 0 Å². The van der Waals surface area contributed by atoms with Crippen LogP contribution in [-0.2, 0) is 17.9 Å². The van der Waals surface area contributed by atoms with Crippen molar-refractivity contribution in [2.75, 3.05) is 19.8 Å². The Balaban J connectivity index is 1.71. The molecule has 0 aliphatic heterocycles. The number of para-hydroxylation sites is 1. The molecule has 2 aromatic rings. The van der Waals surface area contributed by atoms with Gasteiger partial charge in [-0.25, -0.2) is 4.99 Å². The number of rotatable bonds is 10. The molecule has 0 radical (unpaired) electrons. The number of guanidine groups is 1. The molecule has 0 atom stereocenters. The van der Waals surface area contributed by atoms with Crippen molar-refractivity contribution in [2.24, 2.45) is 10.7 Å². The van der Waals surface area contributed by atoms with Crippen LogP contribution < -0.4 is 15.8 Å². The molecule has 0 amide bonds. The Hall–Kier alpha value is -2.53. The van der Waals surface area contributed by atoms with Crippen LogP contribution in [0.25, 0.3) is 0 Å². The van der Waals surface area contributed by atoms with Crippen molar-refractivity contribution in [3.8, 4) is 5.75 Å². The van der Waals surface area contributed by atoms with Crippen molar-refractivity contribution in [3.63, 3.8) is 0 Å². The second-order valence-corrected chi connectivity index (χ2v) is 5.60. The summed E-state index contributed by atoms with van der Waals surface area (Å²) in [5, 5.41) is 3.09. The largest absolute Gasteiger partial charge is 0.489 e. The predicted molar refractivity (Wildman–Crippen MR) is 102 cm³/mol. The lowest BCUT2D eigenvalue weighted by molar-refractivity contribution is 0.145. The summed E-state index contributed by atoms with van der Waals surface area (Å²) in [6, 6.07) is 18.0. The van der Waals surface area contributed by atoms with Gasteiger partial charge in [0.05, 0.1) is 6.54 Å². The number of ether oxygens (including phenoxy) is 2. The second kappa shape index (κ2) is 11.1. The molecule has 0 aromatic heterocycles. The first-order chi connectivity index (χ1) is 12.3. The van der Waals surface area contributed by atoms with Crippen molar-refractivity contribution in [3.05, 3.63) is 65.7 Å². The number of nitrogens with zero attached hydrogens (tertiary/aromatic N) is 1. The SMILES string of the molecule is CCOCCCNC(N)=NCc1ccc(COc2ccccc2)cc1. The van der Waals surface area contributed by atoms with Gasteiger partial charge in [-0.05, 0) is 36.6 Å². The molecule has 0 heterocycles. The molecule has 134 valence electrons. The monoisotopic (exact) mass is 341 g/mol. The molecule has 0 unspecified atom stereocenters. The zero-order valence-electron chi connectivity index (χ0n) is 14.8. The van der Waals surface area contributed by atoms with Gasteiger partial charge in [0, 0.05) is 19.8 Å². The van der Waals surface area contributed by atoms with Crippen molar-refractivity contribution in [2.45, 2.75) is 26.5 Å². The number of benzene rings is 2. The molecule has 0 aliphatic carbocycles. The van der Waals surface area contributed by atoms with Gasteiger partial charge >= 0.3 is 0 Å². The highest BCUT2D eigenvalue weighted by Gasteiger charge is 1.98. The third-order valence-electron chi connectivity index (χ3n) is 3.58. The highest BCUT2D eigenvalue weighted by atomic mass is 16.5. The van der Waals surface area contributed by atoms with Crippen LogP contribution in [0.5, 0.6) is 5.75 Å². The van der Waals surface area contributed by atoms with Crippen molar-refractivity contribution in [1.82, 2.24) is 5.32 Å². The summed E-state index contributed by atoms with van der Waals surface area (Å²) in [5.41, 5.74) is 8.09. The van der Waals surface area contributed by atoms with Crippen molar-refractivity contribution < 1.29 is 9.47 Å². The van der Waals surface area contributed by atoms with Gasteiger partial charge in [0.15, 0.2) is 5.96 Å². The Labute approximate surface area is 149 Å². The van der Waals surface area contributed by atoms with E-state index in [1.54, 1.807) is 0 Å². The minimum Gasteiger partial charge on any atom is -0.489 e. The van der Waals surface area contributed by atoms with Crippen molar-refractivity contribution in [1.29, 1.82) is 0 Å². The summed E-state index contributed by atoms with van der Waals surface area (Å²) in [6.45, 7) is 5.36. The predicted octanol–water partition coefficient (Wildman–Crippen LogP) is 3.10. The van der Waals surface area contributed by atoms with Gasteiger partial charge in [-0.3, -0.25) is 0 Å². The molecule has 2 aromatic carbocycles. The van der Waals surface area contributed by atoms with Gasteiger partial charge in [0.2, 0.25) is 0 Å². The summed E-state index contributed by atoms with van der Waals surface area (Å²) < 4.78 is 11.0. The molecular weight excluding hydrogens is 314 g/mol. The van der Waals surface area contributed by atoms with E-state index in [9.17, 15) is 0 Å². The normalized spacial score (nSPS) is 11.3. The molecule has 3 N–H and O–H groups in total. The molecule has 0 saturated heterocycles. The Morgan fingerprint density at radius 1 is 1.04 bits per heavy atom. The van der Waals surface area contributed by atoms with Gasteiger partial charge in [-0.1, -0.05) is 42.5 Å². The van der Waals surface area contributed by atoms with E-state index in [0.29, 0.717) is 19.1 Å². The number of nitrogens with two attached hydrogens (primary N) is 1. The van der Waals surface area contributed by atoms with Crippen molar-refractivity contribution >= 4 is 5.96 Å². The summed E-state index contributed by atoms with van der Waals surface area (Å²) in [4.78, 5) is 4.35. The summed E-state index contributed by atoms with van der Waals surface area (Å²) >= 11 is 0. The van der Waals surface area contributed by atoms with E-state index in [1.165, 1.54) is 0 Å². The lowest BCUT2D eigenvalue weighted by Crippen LogP contribution is -2.32. The second-order valence-electron chi connectivity index (χ2n) is 5.60. The average molecular weight is 341 g/mol. The molecular formula is C20H27N3O2. The van der Waals surface area contributed by atoms with E-state index in [2.05, 4.69) is 34.6 Å². The lowest BCUT2D eigenvalue weighted by atomic mass is 10.1. The number of hydrogen-bond acceptors (Lipinski definition) is 3. The van der Waals surface area contributed by atoms with Crippen LogP contribution in [0.1, 0.15) is 24.5 Å². The van der Waals surface area contributed by atoms with Crippen LogP contribution in [0.3, 0.4) is 0 Å². The van der Waals surface area contributed by atoms with Crippen LogP contribution in [0.4, 0.5) is 0 Å². The summed E-state index contributed by atoms with van der Waals surface area (Å²) in [5.74, 6) is 1.34. The first-order valence-corrected chi connectivity index (χ1v) is 8.65. The molecule has 0 fully saturated rings. The third-order valence-corrected chi connectivity index (χ3v) is 3.58. The standard InChI is InChI=1S/C20H27N3O2/c1-2-24-14-6-13-22-20(21)23-15-17-9-11-18(12-10-17)16-25-19-7-4-3-5-8-19/h3-5,7-12H,2,6,13-16H2,1H3,(H3,21,22,23). The van der Waals surface area contributed by atoms with Crippen LogP contribution in [0, 0.1) is 0 Å². The lowest BCUT2D eigenvalue weighted by Gasteiger charge is -2.07. The maximum absolute atomic E-state index is 5.86. The van der Waals surface area contributed by atoms with E-state index >= 15 is 0 Å². The first-order valence-electron chi connectivity index (χ1n) is 8.65. The molecule has 2 rings (SSSR count). The summed E-state index contributed by atoms with van der Waals surface area (Å²) in [6.07, 6.45) is 0.917. The minimum absolute atomic E-state index is 0.466. The molecule has 0 spiro atoms. The Morgan fingerprint density at radius 3 is 2.48 bits per heavy atom. The summed E-state index contributed by atoms with van der Waals surface area (Å²) in [7, 11) is 0. The Kier molecular flexibility index (Phi) is 8.35.